The minimum Gasteiger partial charge on any atom is -0.348 e. The van der Waals surface area contributed by atoms with Crippen LogP contribution < -0.4 is 5.32 Å². The van der Waals surface area contributed by atoms with Crippen LogP contribution in [0.25, 0.3) is 0 Å². The van der Waals surface area contributed by atoms with Gasteiger partial charge in [-0.2, -0.15) is 0 Å². The number of likely N-dealkylation sites (tertiary alicyclic amines) is 1. The first-order chi connectivity index (χ1) is 10.8. The van der Waals surface area contributed by atoms with Crippen LogP contribution in [0.1, 0.15) is 36.7 Å². The lowest BCUT2D eigenvalue weighted by Gasteiger charge is -2.31. The van der Waals surface area contributed by atoms with Crippen LogP contribution in [0.2, 0.25) is 0 Å². The summed E-state index contributed by atoms with van der Waals surface area (Å²) in [7, 11) is 0. The summed E-state index contributed by atoms with van der Waals surface area (Å²) < 4.78 is 0. The van der Waals surface area contributed by atoms with Gasteiger partial charge >= 0.3 is 0 Å². The Kier molecular flexibility index (Phi) is 5.24. The van der Waals surface area contributed by atoms with Gasteiger partial charge in [0.25, 0.3) is 0 Å². The third kappa shape index (κ3) is 4.18. The smallest absolute Gasteiger partial charge is 0.120 e. The molecule has 2 N–H and O–H groups in total. The highest BCUT2D eigenvalue weighted by Gasteiger charge is 2.17. The molecule has 0 spiro atoms. The van der Waals surface area contributed by atoms with E-state index in [4.69, 9.17) is 0 Å². The van der Waals surface area contributed by atoms with Crippen LogP contribution >= 0.6 is 0 Å². The zero-order valence-corrected chi connectivity index (χ0v) is 13.4. The lowest BCUT2D eigenvalue weighted by atomic mass is 9.99. The van der Waals surface area contributed by atoms with Crippen molar-refractivity contribution >= 4 is 0 Å². The number of aromatic amines is 1. The fraction of sp³-hybridized carbons (Fsp3) is 0.500. The third-order valence-corrected chi connectivity index (χ3v) is 4.42. The number of benzene rings is 1. The highest BCUT2D eigenvalue weighted by atomic mass is 15.1. The Bertz CT molecular complexity index is 564. The molecule has 0 unspecified atom stereocenters. The Morgan fingerprint density at radius 3 is 2.91 bits per heavy atom. The molecule has 0 saturated carbocycles. The van der Waals surface area contributed by atoms with Crippen molar-refractivity contribution in [3.05, 3.63) is 53.6 Å². The summed E-state index contributed by atoms with van der Waals surface area (Å²) in [4.78, 5) is 9.97. The van der Waals surface area contributed by atoms with Gasteiger partial charge in [0.1, 0.15) is 5.82 Å². The zero-order valence-electron chi connectivity index (χ0n) is 13.4. The van der Waals surface area contributed by atoms with Crippen LogP contribution in [0.3, 0.4) is 0 Å². The highest BCUT2D eigenvalue weighted by molar-refractivity contribution is 5.27. The van der Waals surface area contributed by atoms with Crippen molar-refractivity contribution in [3.63, 3.8) is 0 Å². The zero-order chi connectivity index (χ0) is 15.2. The molecule has 2 heterocycles. The maximum absolute atomic E-state index is 4.25. The molecule has 4 nitrogen and oxygen atoms in total. The van der Waals surface area contributed by atoms with E-state index < -0.39 is 0 Å². The maximum atomic E-state index is 4.25. The van der Waals surface area contributed by atoms with E-state index in [9.17, 15) is 0 Å². The van der Waals surface area contributed by atoms with Crippen molar-refractivity contribution < 1.29 is 0 Å². The first kappa shape index (κ1) is 15.3. The molecule has 1 aromatic heterocycles. The summed E-state index contributed by atoms with van der Waals surface area (Å²) >= 11 is 0. The molecule has 1 aromatic carbocycles. The van der Waals surface area contributed by atoms with Gasteiger partial charge in [-0.3, -0.25) is 4.90 Å². The van der Waals surface area contributed by atoms with Gasteiger partial charge in [-0.15, -0.1) is 0 Å². The van der Waals surface area contributed by atoms with E-state index in [1.165, 1.54) is 37.1 Å². The Labute approximate surface area is 133 Å². The Hall–Kier alpha value is -1.65. The Balaban J connectivity index is 1.57. The first-order valence-corrected chi connectivity index (χ1v) is 8.29. The molecule has 1 aliphatic heterocycles. The number of hydrogen-bond acceptors (Lipinski definition) is 3. The Morgan fingerprint density at radius 2 is 2.14 bits per heavy atom. The quantitative estimate of drug-likeness (QED) is 0.862. The number of aromatic nitrogens is 2. The number of nitrogens with one attached hydrogen (secondary N) is 2. The molecule has 22 heavy (non-hydrogen) atoms. The van der Waals surface area contributed by atoms with E-state index in [1.807, 2.05) is 6.20 Å². The molecule has 2 aromatic rings. The lowest BCUT2D eigenvalue weighted by Crippen LogP contribution is -2.34. The number of nitrogens with zero attached hydrogens (tertiary/aromatic N) is 2. The molecule has 1 atom stereocenters. The predicted molar refractivity (Wildman–Crippen MR) is 89.2 cm³/mol. The summed E-state index contributed by atoms with van der Waals surface area (Å²) in [6.07, 6.45) is 6.37. The lowest BCUT2D eigenvalue weighted by molar-refractivity contribution is 0.176. The van der Waals surface area contributed by atoms with E-state index in [-0.39, 0.29) is 0 Å². The van der Waals surface area contributed by atoms with Gasteiger partial charge in [0.05, 0.1) is 6.54 Å². The topological polar surface area (TPSA) is 44.0 Å². The van der Waals surface area contributed by atoms with E-state index in [2.05, 4.69) is 51.4 Å². The summed E-state index contributed by atoms with van der Waals surface area (Å²) in [5.41, 5.74) is 2.84. The summed E-state index contributed by atoms with van der Waals surface area (Å²) in [6.45, 7) is 7.57. The largest absolute Gasteiger partial charge is 0.348 e. The van der Waals surface area contributed by atoms with Crippen LogP contribution in [-0.2, 0) is 19.6 Å². The Morgan fingerprint density at radius 1 is 1.27 bits per heavy atom. The van der Waals surface area contributed by atoms with E-state index in [1.54, 1.807) is 6.20 Å². The monoisotopic (exact) mass is 298 g/mol. The first-order valence-electron chi connectivity index (χ1n) is 8.29. The summed E-state index contributed by atoms with van der Waals surface area (Å²) in [6, 6.07) is 8.78. The van der Waals surface area contributed by atoms with Gasteiger partial charge in [0.2, 0.25) is 0 Å². The number of rotatable bonds is 6. The maximum Gasteiger partial charge on any atom is 0.120 e. The molecular weight excluding hydrogens is 272 g/mol. The van der Waals surface area contributed by atoms with Gasteiger partial charge in [-0.25, -0.2) is 4.98 Å². The molecule has 0 bridgehead atoms. The predicted octanol–water partition coefficient (Wildman–Crippen LogP) is 2.93. The van der Waals surface area contributed by atoms with E-state index in [0.29, 0.717) is 0 Å². The van der Waals surface area contributed by atoms with Crippen LogP contribution in [0, 0.1) is 5.92 Å². The van der Waals surface area contributed by atoms with Crippen LogP contribution in [-0.4, -0.2) is 28.0 Å². The van der Waals surface area contributed by atoms with Crippen molar-refractivity contribution in [2.45, 2.75) is 39.4 Å². The number of piperidine rings is 1. The summed E-state index contributed by atoms with van der Waals surface area (Å²) in [5, 5.41) is 3.48. The molecule has 4 heteroatoms. The fourth-order valence-corrected chi connectivity index (χ4v) is 3.27. The van der Waals surface area contributed by atoms with E-state index in [0.717, 1.165) is 31.4 Å². The van der Waals surface area contributed by atoms with Crippen molar-refractivity contribution in [2.75, 3.05) is 13.1 Å². The second kappa shape index (κ2) is 7.56. The van der Waals surface area contributed by atoms with E-state index >= 15 is 0 Å². The SMILES string of the molecule is C[C@@H]1CCCN(Cc2ccccc2CNCc2ncc[nH]2)C1. The normalized spacial score (nSPS) is 19.4. The van der Waals surface area contributed by atoms with Gasteiger partial charge in [-0.1, -0.05) is 31.2 Å². The third-order valence-electron chi connectivity index (χ3n) is 4.42. The van der Waals surface area contributed by atoms with Crippen LogP contribution in [0.15, 0.2) is 36.7 Å². The van der Waals surface area contributed by atoms with Crippen molar-refractivity contribution in [2.24, 2.45) is 5.92 Å². The van der Waals surface area contributed by atoms with Crippen molar-refractivity contribution in [1.29, 1.82) is 0 Å². The number of hydrogen-bond donors (Lipinski definition) is 2. The molecule has 0 amide bonds. The molecule has 1 fully saturated rings. The van der Waals surface area contributed by atoms with Crippen molar-refractivity contribution in [3.8, 4) is 0 Å². The van der Waals surface area contributed by atoms with Gasteiger partial charge < -0.3 is 10.3 Å². The van der Waals surface area contributed by atoms with Crippen molar-refractivity contribution in [1.82, 2.24) is 20.2 Å². The fourth-order valence-electron chi connectivity index (χ4n) is 3.27. The van der Waals surface area contributed by atoms with Gasteiger partial charge in [-0.05, 0) is 36.4 Å². The van der Waals surface area contributed by atoms with Gasteiger partial charge in [0.15, 0.2) is 0 Å². The van der Waals surface area contributed by atoms with Crippen LogP contribution in [0.5, 0.6) is 0 Å². The van der Waals surface area contributed by atoms with Gasteiger partial charge in [0, 0.05) is 32.0 Å². The number of imidazole rings is 1. The molecule has 1 aliphatic rings. The average Bonchev–Trinajstić information content (AvgIpc) is 3.02. The standard InChI is InChI=1S/C18H26N4/c1-15-5-4-10-22(13-15)14-17-7-3-2-6-16(17)11-19-12-18-20-8-9-21-18/h2-3,6-9,15,19H,4-5,10-14H2,1H3,(H,20,21)/t15-/m1/s1. The molecule has 1 saturated heterocycles. The molecular formula is C18H26N4. The molecule has 0 aliphatic carbocycles. The summed E-state index contributed by atoms with van der Waals surface area (Å²) in [5.74, 6) is 1.82. The average molecular weight is 298 g/mol. The highest BCUT2D eigenvalue weighted by Crippen LogP contribution is 2.19. The molecule has 118 valence electrons. The number of H-pyrrole nitrogens is 1. The molecule has 0 radical (unpaired) electrons. The minimum atomic E-state index is 0.780. The minimum absolute atomic E-state index is 0.780. The molecule has 3 rings (SSSR count). The second-order valence-corrected chi connectivity index (χ2v) is 6.39. The van der Waals surface area contributed by atoms with Crippen LogP contribution in [0.4, 0.5) is 0 Å². The second-order valence-electron chi connectivity index (χ2n) is 6.39.